The number of hydrogen-bond donors (Lipinski definition) is 1. The van der Waals surface area contributed by atoms with Gasteiger partial charge in [-0.05, 0) is 35.4 Å². The summed E-state index contributed by atoms with van der Waals surface area (Å²) >= 11 is 0. The highest BCUT2D eigenvalue weighted by Crippen LogP contribution is 2.28. The number of nitrogens with one attached hydrogen (secondary N) is 1. The van der Waals surface area contributed by atoms with Gasteiger partial charge in [0.15, 0.2) is 0 Å². The molecule has 2 amide bonds. The van der Waals surface area contributed by atoms with Gasteiger partial charge in [-0.25, -0.2) is 9.18 Å². The molecule has 1 N–H and O–H groups in total. The molecule has 1 aliphatic rings. The molecule has 7 nitrogen and oxygen atoms in total. The molecule has 0 radical (unpaired) electrons. The maximum atomic E-state index is 13.0. The Kier molecular flexibility index (Phi) is 7.49. The fourth-order valence-corrected chi connectivity index (χ4v) is 3.66. The minimum absolute atomic E-state index is 0.246. The van der Waals surface area contributed by atoms with E-state index < -0.39 is 0 Å². The second-order valence-corrected chi connectivity index (χ2v) is 7.86. The van der Waals surface area contributed by atoms with Gasteiger partial charge in [-0.15, -0.1) is 0 Å². The molecule has 8 heteroatoms. The van der Waals surface area contributed by atoms with E-state index in [2.05, 4.69) is 5.32 Å². The Balaban J connectivity index is 1.40. The third-order valence-electron chi connectivity index (χ3n) is 5.45. The Morgan fingerprint density at radius 1 is 0.971 bits per heavy atom. The molecule has 4 rings (SSSR count). The lowest BCUT2D eigenvalue weighted by Crippen LogP contribution is -2.36. The van der Waals surface area contributed by atoms with Crippen molar-refractivity contribution in [1.29, 1.82) is 0 Å². The summed E-state index contributed by atoms with van der Waals surface area (Å²) in [5, 5.41) is 2.91. The number of carbonyl (C=O) groups is 1. The number of nitrogens with zero attached hydrogens (tertiary/aromatic N) is 1. The van der Waals surface area contributed by atoms with E-state index in [-0.39, 0.29) is 11.8 Å². The number of urea groups is 1. The fraction of sp³-hybridized carbons (Fsp3) is 0.269. The first-order chi connectivity index (χ1) is 16.5. The van der Waals surface area contributed by atoms with Crippen molar-refractivity contribution >= 4 is 11.7 Å². The summed E-state index contributed by atoms with van der Waals surface area (Å²) in [6.07, 6.45) is 0. The van der Waals surface area contributed by atoms with Crippen LogP contribution in [0.15, 0.2) is 60.7 Å². The number of halogens is 1. The van der Waals surface area contributed by atoms with Crippen LogP contribution in [0.3, 0.4) is 0 Å². The van der Waals surface area contributed by atoms with E-state index in [1.165, 1.54) is 12.1 Å². The van der Waals surface area contributed by atoms with Gasteiger partial charge in [-0.3, -0.25) is 0 Å². The van der Waals surface area contributed by atoms with Gasteiger partial charge in [0.2, 0.25) is 0 Å². The lowest BCUT2D eigenvalue weighted by Gasteiger charge is -2.21. The third kappa shape index (κ3) is 5.96. The number of ether oxygens (including phenoxy) is 4. The summed E-state index contributed by atoms with van der Waals surface area (Å²) in [4.78, 5) is 14.7. The summed E-state index contributed by atoms with van der Waals surface area (Å²) < 4.78 is 35.2. The van der Waals surface area contributed by atoms with Crippen LogP contribution in [0.5, 0.6) is 17.2 Å². The van der Waals surface area contributed by atoms with Gasteiger partial charge in [0.25, 0.3) is 0 Å². The van der Waals surface area contributed by atoms with E-state index in [1.54, 1.807) is 49.5 Å². The van der Waals surface area contributed by atoms with Crippen molar-refractivity contribution in [2.45, 2.75) is 19.8 Å². The molecule has 0 aromatic heterocycles. The first kappa shape index (κ1) is 23.4. The number of anilines is 1. The number of rotatable bonds is 7. The maximum Gasteiger partial charge on any atom is 0.322 e. The normalized spacial score (nSPS) is 12.9. The van der Waals surface area contributed by atoms with Crippen LogP contribution in [0, 0.1) is 5.82 Å². The number of amides is 2. The highest BCUT2D eigenvalue weighted by Gasteiger charge is 2.21. The predicted molar refractivity (Wildman–Crippen MR) is 126 cm³/mol. The van der Waals surface area contributed by atoms with E-state index in [0.717, 1.165) is 22.4 Å². The quantitative estimate of drug-likeness (QED) is 0.532. The molecule has 0 saturated heterocycles. The van der Waals surface area contributed by atoms with Gasteiger partial charge in [0.05, 0.1) is 40.5 Å². The van der Waals surface area contributed by atoms with E-state index >= 15 is 0 Å². The molecular formula is C26H27FN2O5. The molecule has 178 valence electrons. The van der Waals surface area contributed by atoms with Crippen LogP contribution >= 0.6 is 0 Å². The highest BCUT2D eigenvalue weighted by atomic mass is 19.1. The van der Waals surface area contributed by atoms with Crippen molar-refractivity contribution in [3.8, 4) is 17.2 Å². The summed E-state index contributed by atoms with van der Waals surface area (Å²) in [7, 11) is 3.12. The summed E-state index contributed by atoms with van der Waals surface area (Å²) in [6.45, 7) is 2.00. The Morgan fingerprint density at radius 2 is 1.65 bits per heavy atom. The Labute approximate surface area is 198 Å². The number of fused-ring (bicyclic) bond motifs is 1. The Bertz CT molecular complexity index is 1110. The highest BCUT2D eigenvalue weighted by molar-refractivity contribution is 5.90. The molecule has 0 fully saturated rings. The van der Waals surface area contributed by atoms with E-state index in [4.69, 9.17) is 18.9 Å². The molecule has 0 unspecified atom stereocenters. The van der Waals surface area contributed by atoms with E-state index in [1.807, 2.05) is 18.2 Å². The zero-order valence-electron chi connectivity index (χ0n) is 19.2. The van der Waals surface area contributed by atoms with Crippen molar-refractivity contribution in [1.82, 2.24) is 4.90 Å². The maximum absolute atomic E-state index is 13.0. The minimum Gasteiger partial charge on any atom is -0.497 e. The molecule has 34 heavy (non-hydrogen) atoms. The molecule has 0 bridgehead atoms. The topological polar surface area (TPSA) is 69.3 Å². The van der Waals surface area contributed by atoms with Gasteiger partial charge in [0.1, 0.15) is 29.7 Å². The molecule has 0 saturated carbocycles. The number of hydrogen-bond acceptors (Lipinski definition) is 5. The average Bonchev–Trinajstić information content (AvgIpc) is 3.07. The lowest BCUT2D eigenvalue weighted by molar-refractivity contribution is 0.107. The van der Waals surface area contributed by atoms with Crippen LogP contribution in [0.4, 0.5) is 14.9 Å². The van der Waals surface area contributed by atoms with Crippen LogP contribution in [0.2, 0.25) is 0 Å². The molecule has 3 aromatic carbocycles. The smallest absolute Gasteiger partial charge is 0.322 e. The van der Waals surface area contributed by atoms with Crippen LogP contribution in [0.1, 0.15) is 16.7 Å². The van der Waals surface area contributed by atoms with Gasteiger partial charge in [-0.1, -0.05) is 18.2 Å². The van der Waals surface area contributed by atoms with Gasteiger partial charge in [0, 0.05) is 29.4 Å². The number of benzene rings is 3. The summed E-state index contributed by atoms with van der Waals surface area (Å²) in [6, 6.07) is 17.0. The van der Waals surface area contributed by atoms with Crippen molar-refractivity contribution in [2.24, 2.45) is 0 Å². The fourth-order valence-electron chi connectivity index (χ4n) is 3.66. The van der Waals surface area contributed by atoms with Gasteiger partial charge < -0.3 is 29.2 Å². The second-order valence-electron chi connectivity index (χ2n) is 7.86. The third-order valence-corrected chi connectivity index (χ3v) is 5.45. The molecule has 0 spiro atoms. The van der Waals surface area contributed by atoms with Gasteiger partial charge >= 0.3 is 6.03 Å². The second kappa shape index (κ2) is 10.9. The van der Waals surface area contributed by atoms with Crippen LogP contribution < -0.4 is 19.5 Å². The van der Waals surface area contributed by atoms with Crippen molar-refractivity contribution in [2.75, 3.05) is 32.7 Å². The van der Waals surface area contributed by atoms with Crippen molar-refractivity contribution in [3.63, 3.8) is 0 Å². The average molecular weight is 467 g/mol. The Morgan fingerprint density at radius 3 is 2.35 bits per heavy atom. The largest absolute Gasteiger partial charge is 0.497 e. The standard InChI is InChI=1S/C26H27FN2O5/c1-31-23-12-22(13-24(14-23)32-2)28-26(30)29-9-10-34-25-8-5-19(11-20(25)15-29)17-33-16-18-3-6-21(27)7-4-18/h3-8,11-14H,9-10,15-17H2,1-2H3,(H,28,30). The van der Waals surface area contributed by atoms with Crippen LogP contribution in [-0.2, 0) is 24.5 Å². The SMILES string of the molecule is COc1cc(NC(=O)N2CCOc3ccc(COCc4ccc(F)cc4)cc3C2)cc(OC)c1. The van der Waals surface area contributed by atoms with Crippen LogP contribution in [0.25, 0.3) is 0 Å². The summed E-state index contributed by atoms with van der Waals surface area (Å²) in [5.74, 6) is 1.66. The molecule has 0 atom stereocenters. The molecular weight excluding hydrogens is 439 g/mol. The first-order valence-electron chi connectivity index (χ1n) is 10.9. The van der Waals surface area contributed by atoms with Crippen LogP contribution in [-0.4, -0.2) is 38.3 Å². The molecule has 1 aliphatic heterocycles. The zero-order chi connectivity index (χ0) is 23.9. The number of carbonyl (C=O) groups excluding carboxylic acids is 1. The van der Waals surface area contributed by atoms with Crippen molar-refractivity contribution < 1.29 is 28.1 Å². The van der Waals surface area contributed by atoms with Gasteiger partial charge in [-0.2, -0.15) is 0 Å². The Hall–Kier alpha value is -3.78. The van der Waals surface area contributed by atoms with E-state index in [0.29, 0.717) is 50.1 Å². The molecule has 3 aromatic rings. The summed E-state index contributed by atoms with van der Waals surface area (Å²) in [5.41, 5.74) is 3.34. The monoisotopic (exact) mass is 466 g/mol. The minimum atomic E-state index is -0.270. The molecule has 0 aliphatic carbocycles. The zero-order valence-corrected chi connectivity index (χ0v) is 19.2. The number of methoxy groups -OCH3 is 2. The molecule has 1 heterocycles. The predicted octanol–water partition coefficient (Wildman–Crippen LogP) is 4.99. The first-order valence-corrected chi connectivity index (χ1v) is 10.9. The van der Waals surface area contributed by atoms with Crippen molar-refractivity contribution in [3.05, 3.63) is 83.2 Å². The van der Waals surface area contributed by atoms with E-state index in [9.17, 15) is 9.18 Å². The lowest BCUT2D eigenvalue weighted by atomic mass is 10.1.